The summed E-state index contributed by atoms with van der Waals surface area (Å²) in [4.78, 5) is 22.5. The van der Waals surface area contributed by atoms with Gasteiger partial charge in [-0.15, -0.1) is 0 Å². The molecule has 1 aliphatic rings. The maximum atomic E-state index is 13.2. The molecule has 22 heavy (non-hydrogen) atoms. The lowest BCUT2D eigenvalue weighted by atomic mass is 9.82. The minimum Gasteiger partial charge on any atom is -0.296 e. The zero-order valence-electron chi connectivity index (χ0n) is 12.7. The number of piperidine rings is 1. The van der Waals surface area contributed by atoms with E-state index >= 15 is 0 Å². The molecule has 0 N–H and O–H groups in total. The summed E-state index contributed by atoms with van der Waals surface area (Å²) >= 11 is 0. The van der Waals surface area contributed by atoms with Crippen LogP contribution in [-0.4, -0.2) is 22.4 Å². The van der Waals surface area contributed by atoms with Crippen molar-refractivity contribution in [2.24, 2.45) is 5.41 Å². The maximum absolute atomic E-state index is 13.2. The molecular formula is C17H18FN3O. The average molecular weight is 299 g/mol. The van der Waals surface area contributed by atoms with Gasteiger partial charge in [-0.25, -0.2) is 9.37 Å². The van der Waals surface area contributed by atoms with Crippen molar-refractivity contribution in [1.29, 1.82) is 0 Å². The fraction of sp³-hybridized carbons (Fsp3) is 0.353. The predicted molar refractivity (Wildman–Crippen MR) is 82.8 cm³/mol. The number of hydrogen-bond donors (Lipinski definition) is 0. The molecule has 2 aromatic rings. The third-order valence-electron chi connectivity index (χ3n) is 3.98. The van der Waals surface area contributed by atoms with Crippen molar-refractivity contribution < 1.29 is 9.18 Å². The molecule has 1 aromatic carbocycles. The van der Waals surface area contributed by atoms with E-state index in [9.17, 15) is 9.18 Å². The van der Waals surface area contributed by atoms with Gasteiger partial charge in [-0.3, -0.25) is 14.7 Å². The van der Waals surface area contributed by atoms with Gasteiger partial charge in [-0.1, -0.05) is 26.0 Å². The number of benzene rings is 1. The quantitative estimate of drug-likeness (QED) is 0.853. The van der Waals surface area contributed by atoms with Gasteiger partial charge in [-0.05, 0) is 24.0 Å². The Hall–Kier alpha value is -2.30. The first kappa shape index (κ1) is 14.6. The van der Waals surface area contributed by atoms with Crippen molar-refractivity contribution in [1.82, 2.24) is 9.97 Å². The highest BCUT2D eigenvalue weighted by Gasteiger charge is 2.32. The normalized spacial score (nSPS) is 17.6. The second kappa shape index (κ2) is 5.48. The topological polar surface area (TPSA) is 46.1 Å². The predicted octanol–water partition coefficient (Wildman–Crippen LogP) is 3.44. The number of carbonyl (C=O) groups is 1. The van der Waals surface area contributed by atoms with Gasteiger partial charge in [0.05, 0.1) is 18.1 Å². The van der Waals surface area contributed by atoms with Gasteiger partial charge >= 0.3 is 0 Å². The molecule has 4 nitrogen and oxygen atoms in total. The van der Waals surface area contributed by atoms with Gasteiger partial charge in [0, 0.05) is 18.5 Å². The van der Waals surface area contributed by atoms with Crippen LogP contribution in [0.1, 0.15) is 26.7 Å². The smallest absolute Gasteiger partial charge is 0.228 e. The van der Waals surface area contributed by atoms with Crippen LogP contribution in [0.5, 0.6) is 0 Å². The molecule has 1 fully saturated rings. The largest absolute Gasteiger partial charge is 0.296 e. The van der Waals surface area contributed by atoms with Crippen LogP contribution in [0.15, 0.2) is 36.7 Å². The zero-order valence-corrected chi connectivity index (χ0v) is 12.7. The summed E-state index contributed by atoms with van der Waals surface area (Å²) in [6.45, 7) is 4.85. The zero-order chi connectivity index (χ0) is 15.7. The van der Waals surface area contributed by atoms with Crippen molar-refractivity contribution >= 4 is 11.7 Å². The Morgan fingerprint density at radius 1 is 1.23 bits per heavy atom. The van der Waals surface area contributed by atoms with Crippen LogP contribution >= 0.6 is 0 Å². The third kappa shape index (κ3) is 2.98. The summed E-state index contributed by atoms with van der Waals surface area (Å²) in [7, 11) is 0. The number of carbonyl (C=O) groups excluding carboxylic acids is 1. The van der Waals surface area contributed by atoms with E-state index in [0.717, 1.165) is 6.42 Å². The van der Waals surface area contributed by atoms with Crippen LogP contribution in [0.3, 0.4) is 0 Å². The summed E-state index contributed by atoms with van der Waals surface area (Å²) in [5.41, 5.74) is 1.31. The van der Waals surface area contributed by atoms with Gasteiger partial charge in [0.25, 0.3) is 0 Å². The van der Waals surface area contributed by atoms with Gasteiger partial charge in [-0.2, -0.15) is 0 Å². The fourth-order valence-electron chi connectivity index (χ4n) is 2.63. The molecule has 1 saturated heterocycles. The number of hydrogen-bond acceptors (Lipinski definition) is 3. The van der Waals surface area contributed by atoms with Crippen LogP contribution in [0, 0.1) is 11.2 Å². The number of anilines is 1. The van der Waals surface area contributed by atoms with E-state index in [-0.39, 0.29) is 17.1 Å². The third-order valence-corrected chi connectivity index (χ3v) is 3.98. The molecule has 114 valence electrons. The Kier molecular flexibility index (Phi) is 3.64. The van der Waals surface area contributed by atoms with Crippen molar-refractivity contribution in [3.63, 3.8) is 0 Å². The summed E-state index contributed by atoms with van der Waals surface area (Å²) in [6.07, 6.45) is 4.61. The Balaban J connectivity index is 1.82. The van der Waals surface area contributed by atoms with Gasteiger partial charge in [0.1, 0.15) is 5.82 Å². The highest BCUT2D eigenvalue weighted by molar-refractivity contribution is 5.93. The minimum absolute atomic E-state index is 0.0442. The Morgan fingerprint density at radius 3 is 2.68 bits per heavy atom. The van der Waals surface area contributed by atoms with E-state index in [0.29, 0.717) is 30.0 Å². The van der Waals surface area contributed by atoms with Crippen molar-refractivity contribution in [2.45, 2.75) is 26.7 Å². The molecule has 0 unspecified atom stereocenters. The average Bonchev–Trinajstić information content (AvgIpc) is 2.47. The molecule has 0 aliphatic carbocycles. The van der Waals surface area contributed by atoms with Crippen molar-refractivity contribution in [3.05, 3.63) is 42.5 Å². The first-order valence-corrected chi connectivity index (χ1v) is 7.33. The van der Waals surface area contributed by atoms with Crippen LogP contribution in [0.2, 0.25) is 0 Å². The number of amides is 1. The van der Waals surface area contributed by atoms with Gasteiger partial charge in [0.15, 0.2) is 5.82 Å². The standard InChI is InChI=1S/C17H18FN3O/c1-17(2)6-7-21(16(22)9-17)15-11-19-14(10-20-15)12-4-3-5-13(18)8-12/h3-5,8,10-11H,6-7,9H2,1-2H3. The molecular weight excluding hydrogens is 281 g/mol. The van der Waals surface area contributed by atoms with Crippen molar-refractivity contribution in [3.8, 4) is 11.3 Å². The molecule has 1 aromatic heterocycles. The molecule has 2 heterocycles. The summed E-state index contributed by atoms with van der Waals surface area (Å²) in [5.74, 6) is 0.321. The molecule has 5 heteroatoms. The molecule has 3 rings (SSSR count). The van der Waals surface area contributed by atoms with E-state index in [1.165, 1.54) is 12.1 Å². The SMILES string of the molecule is CC1(C)CCN(c2cnc(-c3cccc(F)c3)cn2)C(=O)C1. The first-order valence-electron chi connectivity index (χ1n) is 7.33. The first-order chi connectivity index (χ1) is 10.4. The van der Waals surface area contributed by atoms with E-state index in [4.69, 9.17) is 0 Å². The van der Waals surface area contributed by atoms with E-state index in [1.54, 1.807) is 29.4 Å². The molecule has 0 radical (unpaired) electrons. The van der Waals surface area contributed by atoms with Crippen LogP contribution in [0.25, 0.3) is 11.3 Å². The lowest BCUT2D eigenvalue weighted by Gasteiger charge is -2.35. The van der Waals surface area contributed by atoms with E-state index < -0.39 is 0 Å². The highest BCUT2D eigenvalue weighted by atomic mass is 19.1. The molecule has 1 aliphatic heterocycles. The number of halogens is 1. The highest BCUT2D eigenvalue weighted by Crippen LogP contribution is 2.32. The minimum atomic E-state index is -0.309. The Morgan fingerprint density at radius 2 is 2.05 bits per heavy atom. The molecule has 0 atom stereocenters. The van der Waals surface area contributed by atoms with E-state index in [2.05, 4.69) is 23.8 Å². The van der Waals surface area contributed by atoms with Gasteiger partial charge in [0.2, 0.25) is 5.91 Å². The van der Waals surface area contributed by atoms with Crippen molar-refractivity contribution in [2.75, 3.05) is 11.4 Å². The number of rotatable bonds is 2. The summed E-state index contributed by atoms with van der Waals surface area (Å²) < 4.78 is 13.2. The van der Waals surface area contributed by atoms with Crippen LogP contribution in [0.4, 0.5) is 10.2 Å². The molecule has 0 bridgehead atoms. The lowest BCUT2D eigenvalue weighted by Crippen LogP contribution is -2.42. The second-order valence-corrected chi connectivity index (χ2v) is 6.41. The Labute approximate surface area is 129 Å². The Bertz CT molecular complexity index is 697. The van der Waals surface area contributed by atoms with Crippen LogP contribution in [-0.2, 0) is 4.79 Å². The number of nitrogens with zero attached hydrogens (tertiary/aromatic N) is 3. The van der Waals surface area contributed by atoms with Crippen LogP contribution < -0.4 is 4.90 Å². The summed E-state index contributed by atoms with van der Waals surface area (Å²) in [5, 5.41) is 0. The fourth-order valence-corrected chi connectivity index (χ4v) is 2.63. The maximum Gasteiger partial charge on any atom is 0.228 e. The lowest BCUT2D eigenvalue weighted by molar-refractivity contribution is -0.122. The molecule has 0 saturated carbocycles. The van der Waals surface area contributed by atoms with E-state index in [1.807, 2.05) is 0 Å². The molecule has 0 spiro atoms. The second-order valence-electron chi connectivity index (χ2n) is 6.41. The van der Waals surface area contributed by atoms with Gasteiger partial charge < -0.3 is 0 Å². The summed E-state index contributed by atoms with van der Waals surface area (Å²) in [6, 6.07) is 6.22. The monoisotopic (exact) mass is 299 g/mol. The molecule has 1 amide bonds. The number of aromatic nitrogens is 2.